The van der Waals surface area contributed by atoms with Gasteiger partial charge in [0.25, 0.3) is 0 Å². The molecule has 0 radical (unpaired) electrons. The average molecular weight is 316 g/mol. The number of hydrogen-bond acceptors (Lipinski definition) is 3. The molecule has 0 spiro atoms. The molecule has 0 unspecified atom stereocenters. The number of nitrogens with zero attached hydrogens (tertiary/aromatic N) is 1. The van der Waals surface area contributed by atoms with Gasteiger partial charge in [-0.1, -0.05) is 18.6 Å². The molecule has 1 heterocycles. The van der Waals surface area contributed by atoms with Crippen molar-refractivity contribution in [3.8, 4) is 0 Å². The molecule has 4 heteroatoms. The largest absolute Gasteiger partial charge is 0.444 e. The second kappa shape index (κ2) is 6.42. The quantitative estimate of drug-likeness (QED) is 0.909. The highest BCUT2D eigenvalue weighted by Crippen LogP contribution is 2.30. The van der Waals surface area contributed by atoms with Crippen molar-refractivity contribution in [2.24, 2.45) is 5.92 Å². The molecule has 3 rings (SSSR count). The molecule has 126 valence electrons. The van der Waals surface area contributed by atoms with E-state index in [2.05, 4.69) is 23.5 Å². The number of anilines is 1. The number of benzene rings is 1. The van der Waals surface area contributed by atoms with E-state index in [4.69, 9.17) is 4.74 Å². The Labute approximate surface area is 139 Å². The van der Waals surface area contributed by atoms with E-state index in [1.54, 1.807) is 0 Å². The first-order valence-electron chi connectivity index (χ1n) is 8.75. The van der Waals surface area contributed by atoms with Crippen LogP contribution in [0.5, 0.6) is 0 Å². The smallest absolute Gasteiger partial charge is 0.410 e. The Kier molecular flexibility index (Phi) is 4.51. The lowest BCUT2D eigenvalue weighted by Gasteiger charge is -2.33. The summed E-state index contributed by atoms with van der Waals surface area (Å²) in [7, 11) is 0. The van der Waals surface area contributed by atoms with Crippen molar-refractivity contribution in [1.29, 1.82) is 0 Å². The highest BCUT2D eigenvalue weighted by atomic mass is 16.6. The minimum atomic E-state index is -0.445. The standard InChI is InChI=1S/C19H28N2O2/c1-19(2,3)23-18(22)21-11-10-15-8-5-9-17(16(15)13-21)20-12-14-6-4-7-14/h5,8-9,14,20H,4,6-7,10-13H2,1-3H3. The van der Waals surface area contributed by atoms with E-state index in [9.17, 15) is 4.79 Å². The molecule has 2 aliphatic rings. The van der Waals surface area contributed by atoms with E-state index < -0.39 is 5.60 Å². The summed E-state index contributed by atoms with van der Waals surface area (Å²) in [6.07, 6.45) is 4.73. The van der Waals surface area contributed by atoms with Gasteiger partial charge in [-0.3, -0.25) is 0 Å². The van der Waals surface area contributed by atoms with E-state index >= 15 is 0 Å². The molecule has 1 aromatic rings. The summed E-state index contributed by atoms with van der Waals surface area (Å²) in [5.41, 5.74) is 3.34. The van der Waals surface area contributed by atoms with Crippen molar-refractivity contribution in [1.82, 2.24) is 4.90 Å². The number of amides is 1. The van der Waals surface area contributed by atoms with E-state index in [1.165, 1.54) is 36.1 Å². The summed E-state index contributed by atoms with van der Waals surface area (Å²) < 4.78 is 5.52. The number of carbonyl (C=O) groups is 1. The van der Waals surface area contributed by atoms with Crippen molar-refractivity contribution in [3.05, 3.63) is 29.3 Å². The third-order valence-corrected chi connectivity index (χ3v) is 4.73. The summed E-state index contributed by atoms with van der Waals surface area (Å²) in [5, 5.41) is 3.60. The van der Waals surface area contributed by atoms with Gasteiger partial charge >= 0.3 is 6.09 Å². The van der Waals surface area contributed by atoms with Crippen molar-refractivity contribution in [3.63, 3.8) is 0 Å². The van der Waals surface area contributed by atoms with Crippen LogP contribution < -0.4 is 5.32 Å². The second-order valence-corrected chi connectivity index (χ2v) is 7.77. The zero-order chi connectivity index (χ0) is 16.4. The number of fused-ring (bicyclic) bond motifs is 1. The summed E-state index contributed by atoms with van der Waals surface area (Å²) >= 11 is 0. The molecule has 1 aliphatic heterocycles. The van der Waals surface area contributed by atoms with Crippen LogP contribution in [0, 0.1) is 5.92 Å². The monoisotopic (exact) mass is 316 g/mol. The van der Waals surface area contributed by atoms with Crippen molar-refractivity contribution in [2.45, 2.75) is 58.6 Å². The molecule has 0 atom stereocenters. The first-order valence-corrected chi connectivity index (χ1v) is 8.75. The third-order valence-electron chi connectivity index (χ3n) is 4.73. The maximum atomic E-state index is 12.3. The SMILES string of the molecule is CC(C)(C)OC(=O)N1CCc2cccc(NCC3CCC3)c2C1. The van der Waals surface area contributed by atoms with Gasteiger partial charge in [0.05, 0.1) is 6.54 Å². The molecule has 23 heavy (non-hydrogen) atoms. The van der Waals surface area contributed by atoms with Gasteiger partial charge in [-0.05, 0) is 63.1 Å². The van der Waals surface area contributed by atoms with Crippen molar-refractivity contribution in [2.75, 3.05) is 18.4 Å². The van der Waals surface area contributed by atoms with Crippen LogP contribution in [0.2, 0.25) is 0 Å². The van der Waals surface area contributed by atoms with Crippen LogP contribution >= 0.6 is 0 Å². The molecule has 1 fully saturated rings. The first kappa shape index (κ1) is 16.2. The normalized spacial score (nSPS) is 18.1. The highest BCUT2D eigenvalue weighted by molar-refractivity contribution is 5.69. The van der Waals surface area contributed by atoms with Gasteiger partial charge in [0.1, 0.15) is 5.60 Å². The van der Waals surface area contributed by atoms with Crippen LogP contribution in [0.3, 0.4) is 0 Å². The second-order valence-electron chi connectivity index (χ2n) is 7.77. The Morgan fingerprint density at radius 1 is 1.35 bits per heavy atom. The summed E-state index contributed by atoms with van der Waals surface area (Å²) in [4.78, 5) is 14.2. The summed E-state index contributed by atoms with van der Waals surface area (Å²) in [5.74, 6) is 0.816. The van der Waals surface area contributed by atoms with Gasteiger partial charge in [-0.25, -0.2) is 4.79 Å². The van der Waals surface area contributed by atoms with Crippen LogP contribution in [0.4, 0.5) is 10.5 Å². The fourth-order valence-electron chi connectivity index (χ4n) is 3.18. The van der Waals surface area contributed by atoms with Gasteiger partial charge in [-0.2, -0.15) is 0 Å². The number of nitrogens with one attached hydrogen (secondary N) is 1. The Morgan fingerprint density at radius 2 is 2.13 bits per heavy atom. The fourth-order valence-corrected chi connectivity index (χ4v) is 3.18. The molecular formula is C19H28N2O2. The van der Waals surface area contributed by atoms with Crippen LogP contribution in [0.15, 0.2) is 18.2 Å². The molecule has 1 saturated carbocycles. The van der Waals surface area contributed by atoms with Gasteiger partial charge in [0.2, 0.25) is 0 Å². The number of hydrogen-bond donors (Lipinski definition) is 1. The maximum absolute atomic E-state index is 12.3. The van der Waals surface area contributed by atoms with Crippen molar-refractivity contribution < 1.29 is 9.53 Å². The minimum Gasteiger partial charge on any atom is -0.444 e. The Balaban J connectivity index is 1.69. The average Bonchev–Trinajstić information content (AvgIpc) is 2.43. The number of carbonyl (C=O) groups excluding carboxylic acids is 1. The lowest BCUT2D eigenvalue weighted by Crippen LogP contribution is -2.40. The van der Waals surface area contributed by atoms with Crippen LogP contribution in [-0.2, 0) is 17.7 Å². The van der Waals surface area contributed by atoms with Crippen LogP contribution in [0.25, 0.3) is 0 Å². The van der Waals surface area contributed by atoms with E-state index in [1.807, 2.05) is 25.7 Å². The van der Waals surface area contributed by atoms with Gasteiger partial charge < -0.3 is 15.0 Å². The van der Waals surface area contributed by atoms with E-state index in [-0.39, 0.29) is 6.09 Å². The zero-order valence-corrected chi connectivity index (χ0v) is 14.5. The molecule has 0 aromatic heterocycles. The minimum absolute atomic E-state index is 0.211. The maximum Gasteiger partial charge on any atom is 0.410 e. The molecule has 1 aliphatic carbocycles. The predicted octanol–water partition coefficient (Wildman–Crippen LogP) is 4.19. The highest BCUT2D eigenvalue weighted by Gasteiger charge is 2.27. The molecule has 1 N–H and O–H groups in total. The first-order chi connectivity index (χ1) is 10.9. The number of rotatable bonds is 3. The molecule has 0 bridgehead atoms. The summed E-state index contributed by atoms with van der Waals surface area (Å²) in [6.45, 7) is 8.14. The molecule has 0 saturated heterocycles. The summed E-state index contributed by atoms with van der Waals surface area (Å²) in [6, 6.07) is 6.43. The topological polar surface area (TPSA) is 41.6 Å². The van der Waals surface area contributed by atoms with Gasteiger partial charge in [0, 0.05) is 18.8 Å². The Bertz CT molecular complexity index is 573. The lowest BCUT2D eigenvalue weighted by molar-refractivity contribution is 0.0224. The fraction of sp³-hybridized carbons (Fsp3) is 0.632. The Morgan fingerprint density at radius 3 is 2.78 bits per heavy atom. The molecule has 4 nitrogen and oxygen atoms in total. The molecular weight excluding hydrogens is 288 g/mol. The van der Waals surface area contributed by atoms with Gasteiger partial charge in [0.15, 0.2) is 0 Å². The molecule has 1 aromatic carbocycles. The zero-order valence-electron chi connectivity index (χ0n) is 14.5. The Hall–Kier alpha value is -1.71. The third kappa shape index (κ3) is 3.98. The van der Waals surface area contributed by atoms with Crippen LogP contribution in [-0.4, -0.2) is 29.7 Å². The van der Waals surface area contributed by atoms with E-state index in [0.717, 1.165) is 25.4 Å². The van der Waals surface area contributed by atoms with Crippen molar-refractivity contribution >= 4 is 11.8 Å². The van der Waals surface area contributed by atoms with Crippen LogP contribution in [0.1, 0.15) is 51.2 Å². The van der Waals surface area contributed by atoms with Gasteiger partial charge in [-0.15, -0.1) is 0 Å². The number of ether oxygens (including phenoxy) is 1. The molecule has 1 amide bonds. The van der Waals surface area contributed by atoms with E-state index in [0.29, 0.717) is 6.54 Å². The predicted molar refractivity (Wildman–Crippen MR) is 92.6 cm³/mol. The lowest BCUT2D eigenvalue weighted by atomic mass is 9.85.